The van der Waals surface area contributed by atoms with Gasteiger partial charge in [0.2, 0.25) is 0 Å². The maximum absolute atomic E-state index is 6.88. The van der Waals surface area contributed by atoms with Crippen LogP contribution in [0.3, 0.4) is 0 Å². The van der Waals surface area contributed by atoms with Gasteiger partial charge in [0, 0.05) is 60.8 Å². The Bertz CT molecular complexity index is 3450. The Labute approximate surface area is 334 Å². The molecule has 12 rings (SSSR count). The van der Waals surface area contributed by atoms with E-state index in [2.05, 4.69) is 226 Å². The molecule has 0 atom stereocenters. The van der Waals surface area contributed by atoms with Crippen LogP contribution in [0.25, 0.3) is 88.1 Å². The Hall–Kier alpha value is -7.82. The molecule has 0 radical (unpaired) electrons. The van der Waals surface area contributed by atoms with E-state index in [1.54, 1.807) is 0 Å². The SMILES string of the molecule is c1ccc(N(c2ccccc2)c2ccc(-n3c4ccccc4c4c(-c5ccc6c7ccccc7n(-c7ccccc7)c6c5)cc5c6ccccc6oc5c43)cc2)cc1. The Morgan fingerprint density at radius 2 is 0.897 bits per heavy atom. The highest BCUT2D eigenvalue weighted by Gasteiger charge is 2.24. The van der Waals surface area contributed by atoms with Crippen molar-refractivity contribution >= 4 is 82.6 Å². The number of aromatic nitrogens is 2. The molecule has 58 heavy (non-hydrogen) atoms. The van der Waals surface area contributed by atoms with E-state index in [0.717, 1.165) is 67.0 Å². The minimum Gasteiger partial charge on any atom is -0.454 e. The van der Waals surface area contributed by atoms with Gasteiger partial charge in [-0.3, -0.25) is 0 Å². The lowest BCUT2D eigenvalue weighted by Crippen LogP contribution is -2.09. The second-order valence-corrected chi connectivity index (χ2v) is 14.9. The van der Waals surface area contributed by atoms with Crippen LogP contribution in [0.4, 0.5) is 17.1 Å². The minimum atomic E-state index is 0.879. The van der Waals surface area contributed by atoms with Gasteiger partial charge >= 0.3 is 0 Å². The Morgan fingerprint density at radius 1 is 0.362 bits per heavy atom. The summed E-state index contributed by atoms with van der Waals surface area (Å²) in [6.07, 6.45) is 0. The van der Waals surface area contributed by atoms with Crippen LogP contribution in [0.2, 0.25) is 0 Å². The molecular formula is C54H35N3O. The zero-order valence-corrected chi connectivity index (χ0v) is 31.5. The third-order valence-electron chi connectivity index (χ3n) is 11.7. The van der Waals surface area contributed by atoms with Gasteiger partial charge in [-0.2, -0.15) is 0 Å². The summed E-state index contributed by atoms with van der Waals surface area (Å²) in [7, 11) is 0. The van der Waals surface area contributed by atoms with Crippen molar-refractivity contribution in [1.82, 2.24) is 9.13 Å². The second kappa shape index (κ2) is 12.9. The van der Waals surface area contributed by atoms with Crippen molar-refractivity contribution in [2.24, 2.45) is 0 Å². The predicted molar refractivity (Wildman–Crippen MR) is 243 cm³/mol. The van der Waals surface area contributed by atoms with Gasteiger partial charge in [0.1, 0.15) is 5.58 Å². The first-order valence-corrected chi connectivity index (χ1v) is 19.8. The van der Waals surface area contributed by atoms with Gasteiger partial charge in [-0.25, -0.2) is 0 Å². The first-order valence-electron chi connectivity index (χ1n) is 19.8. The summed E-state index contributed by atoms with van der Waals surface area (Å²) in [4.78, 5) is 2.30. The van der Waals surface area contributed by atoms with Gasteiger partial charge in [-0.05, 0) is 102 Å². The van der Waals surface area contributed by atoms with E-state index in [9.17, 15) is 0 Å². The lowest BCUT2D eigenvalue weighted by atomic mass is 9.96. The monoisotopic (exact) mass is 741 g/mol. The molecule has 9 aromatic carbocycles. The molecule has 12 aromatic rings. The van der Waals surface area contributed by atoms with Crippen LogP contribution in [0.5, 0.6) is 0 Å². The highest BCUT2D eigenvalue weighted by atomic mass is 16.3. The number of rotatable bonds is 6. The van der Waals surface area contributed by atoms with E-state index in [-0.39, 0.29) is 0 Å². The van der Waals surface area contributed by atoms with Crippen molar-refractivity contribution in [3.63, 3.8) is 0 Å². The lowest BCUT2D eigenvalue weighted by molar-refractivity contribution is 0.671. The third-order valence-corrected chi connectivity index (χ3v) is 11.7. The van der Waals surface area contributed by atoms with Crippen LogP contribution in [-0.2, 0) is 0 Å². The summed E-state index contributed by atoms with van der Waals surface area (Å²) in [6, 6.07) is 76.0. The number of nitrogens with zero attached hydrogens (tertiary/aromatic N) is 3. The number of hydrogen-bond acceptors (Lipinski definition) is 2. The van der Waals surface area contributed by atoms with Crippen molar-refractivity contribution in [3.8, 4) is 22.5 Å². The zero-order chi connectivity index (χ0) is 38.2. The molecule has 0 aliphatic carbocycles. The summed E-state index contributed by atoms with van der Waals surface area (Å²) in [5.74, 6) is 0. The van der Waals surface area contributed by atoms with E-state index < -0.39 is 0 Å². The zero-order valence-electron chi connectivity index (χ0n) is 31.5. The molecule has 3 aromatic heterocycles. The van der Waals surface area contributed by atoms with Crippen molar-refractivity contribution in [2.45, 2.75) is 0 Å². The fourth-order valence-electron chi connectivity index (χ4n) is 9.17. The predicted octanol–water partition coefficient (Wildman–Crippen LogP) is 14.9. The van der Waals surface area contributed by atoms with Gasteiger partial charge in [0.15, 0.2) is 5.58 Å². The maximum Gasteiger partial charge on any atom is 0.160 e. The second-order valence-electron chi connectivity index (χ2n) is 14.9. The first-order chi connectivity index (χ1) is 28.8. The molecule has 3 heterocycles. The molecule has 4 heteroatoms. The van der Waals surface area contributed by atoms with E-state index in [0.29, 0.717) is 0 Å². The molecule has 0 saturated heterocycles. The lowest BCUT2D eigenvalue weighted by Gasteiger charge is -2.25. The molecular weight excluding hydrogens is 707 g/mol. The highest BCUT2D eigenvalue weighted by Crippen LogP contribution is 2.47. The van der Waals surface area contributed by atoms with Gasteiger partial charge in [0.25, 0.3) is 0 Å². The molecule has 0 unspecified atom stereocenters. The van der Waals surface area contributed by atoms with E-state index in [1.165, 1.54) is 38.1 Å². The van der Waals surface area contributed by atoms with Crippen LogP contribution >= 0.6 is 0 Å². The number of para-hydroxylation sites is 6. The largest absolute Gasteiger partial charge is 0.454 e. The standard InChI is InChI=1S/C54H35N3O/c1-4-16-37(17-5-1)55(38-18-6-2-7-19-38)40-29-31-41(32-30-40)57-49-26-14-11-24-45(49)52-46(35-47-44-23-12-15-27-51(44)58-54(47)53(52)57)36-28-33-43-42-22-10-13-25-48(42)56(50(43)34-36)39-20-8-3-9-21-39/h1-35H. The molecule has 4 nitrogen and oxygen atoms in total. The van der Waals surface area contributed by atoms with Gasteiger partial charge in [0.05, 0.1) is 22.1 Å². The fourth-order valence-corrected chi connectivity index (χ4v) is 9.17. The molecule has 0 aliphatic rings. The van der Waals surface area contributed by atoms with Crippen LogP contribution in [-0.4, -0.2) is 9.13 Å². The number of fused-ring (bicyclic) bond motifs is 10. The average Bonchev–Trinajstić information content (AvgIpc) is 3.95. The number of benzene rings is 9. The van der Waals surface area contributed by atoms with Crippen LogP contribution in [0.1, 0.15) is 0 Å². The highest BCUT2D eigenvalue weighted by molar-refractivity contribution is 6.26. The third kappa shape index (κ3) is 4.88. The van der Waals surface area contributed by atoms with E-state index >= 15 is 0 Å². The smallest absolute Gasteiger partial charge is 0.160 e. The van der Waals surface area contributed by atoms with Crippen molar-refractivity contribution in [2.75, 3.05) is 4.90 Å². The van der Waals surface area contributed by atoms with Gasteiger partial charge in [-0.15, -0.1) is 0 Å². The molecule has 0 bridgehead atoms. The van der Waals surface area contributed by atoms with Crippen molar-refractivity contribution in [1.29, 1.82) is 0 Å². The molecule has 0 aliphatic heterocycles. The van der Waals surface area contributed by atoms with Crippen molar-refractivity contribution in [3.05, 3.63) is 212 Å². The van der Waals surface area contributed by atoms with E-state index in [1.807, 2.05) is 0 Å². The fraction of sp³-hybridized carbons (Fsp3) is 0. The van der Waals surface area contributed by atoms with Crippen LogP contribution in [0.15, 0.2) is 217 Å². The summed E-state index contributed by atoms with van der Waals surface area (Å²) in [6.45, 7) is 0. The maximum atomic E-state index is 6.88. The van der Waals surface area contributed by atoms with Crippen LogP contribution < -0.4 is 4.90 Å². The Morgan fingerprint density at radius 3 is 1.60 bits per heavy atom. The summed E-state index contributed by atoms with van der Waals surface area (Å²) in [5.41, 5.74) is 14.2. The average molecular weight is 742 g/mol. The molecule has 0 saturated carbocycles. The molecule has 0 N–H and O–H groups in total. The normalized spacial score (nSPS) is 11.8. The number of furan rings is 1. The summed E-state index contributed by atoms with van der Waals surface area (Å²) in [5, 5.41) is 7.03. The summed E-state index contributed by atoms with van der Waals surface area (Å²) >= 11 is 0. The number of anilines is 3. The van der Waals surface area contributed by atoms with Crippen LogP contribution in [0, 0.1) is 0 Å². The Kier molecular flexibility index (Phi) is 7.20. The molecule has 0 amide bonds. The Balaban J connectivity index is 1.14. The van der Waals surface area contributed by atoms with Gasteiger partial charge in [-0.1, -0.05) is 121 Å². The van der Waals surface area contributed by atoms with Gasteiger partial charge < -0.3 is 18.5 Å². The molecule has 0 fully saturated rings. The summed E-state index contributed by atoms with van der Waals surface area (Å²) < 4.78 is 11.7. The molecule has 0 spiro atoms. The quantitative estimate of drug-likeness (QED) is 0.170. The van der Waals surface area contributed by atoms with E-state index in [4.69, 9.17) is 4.42 Å². The number of hydrogen-bond donors (Lipinski definition) is 0. The van der Waals surface area contributed by atoms with Crippen molar-refractivity contribution < 1.29 is 4.42 Å². The topological polar surface area (TPSA) is 26.2 Å². The first kappa shape index (κ1) is 32.4. The minimum absolute atomic E-state index is 0.879. The molecule has 272 valence electrons.